The van der Waals surface area contributed by atoms with Gasteiger partial charge in [0.05, 0.1) is 24.3 Å². The van der Waals surface area contributed by atoms with E-state index >= 15 is 0 Å². The van der Waals surface area contributed by atoms with E-state index in [4.69, 9.17) is 16.3 Å². The first-order valence-corrected chi connectivity index (χ1v) is 9.23. The second kappa shape index (κ2) is 8.04. The molecule has 1 amide bonds. The first-order chi connectivity index (χ1) is 13.2. The van der Waals surface area contributed by atoms with E-state index in [1.165, 1.54) is 0 Å². The van der Waals surface area contributed by atoms with E-state index in [-0.39, 0.29) is 11.9 Å². The summed E-state index contributed by atoms with van der Waals surface area (Å²) >= 11 is 5.99. The van der Waals surface area contributed by atoms with E-state index in [0.29, 0.717) is 36.1 Å². The number of hydrogen-bond acceptors (Lipinski definition) is 5. The van der Waals surface area contributed by atoms with E-state index in [0.717, 1.165) is 18.7 Å². The van der Waals surface area contributed by atoms with E-state index in [2.05, 4.69) is 20.2 Å². The maximum Gasteiger partial charge on any atom is 0.271 e. The van der Waals surface area contributed by atoms with Gasteiger partial charge in [0.15, 0.2) is 0 Å². The quantitative estimate of drug-likeness (QED) is 0.729. The number of ether oxygens (including phenoxy) is 1. The normalized spacial score (nSPS) is 16.3. The number of aromatic nitrogens is 3. The van der Waals surface area contributed by atoms with Crippen molar-refractivity contribution in [2.24, 2.45) is 0 Å². The van der Waals surface area contributed by atoms with Crippen molar-refractivity contribution in [3.05, 3.63) is 65.3 Å². The highest BCUT2D eigenvalue weighted by molar-refractivity contribution is 6.30. The smallest absolute Gasteiger partial charge is 0.271 e. The van der Waals surface area contributed by atoms with E-state index in [1.54, 1.807) is 35.1 Å². The van der Waals surface area contributed by atoms with Gasteiger partial charge in [0.25, 0.3) is 5.91 Å². The molecule has 1 atom stereocenters. The molecule has 4 heterocycles. The molecule has 1 N–H and O–H groups in total. The van der Waals surface area contributed by atoms with Crippen molar-refractivity contribution in [3.8, 4) is 0 Å². The highest BCUT2D eigenvalue weighted by Gasteiger charge is 2.24. The maximum absolute atomic E-state index is 12.6. The molecule has 0 saturated carbocycles. The number of halogens is 1. The lowest BCUT2D eigenvalue weighted by atomic mass is 10.1. The average molecular weight is 386 g/mol. The molecule has 1 saturated heterocycles. The Hall–Kier alpha value is -2.48. The van der Waals surface area contributed by atoms with Crippen LogP contribution in [-0.4, -0.2) is 58.0 Å². The summed E-state index contributed by atoms with van der Waals surface area (Å²) < 4.78 is 7.20. The zero-order valence-corrected chi connectivity index (χ0v) is 15.5. The summed E-state index contributed by atoms with van der Waals surface area (Å²) in [4.78, 5) is 23.5. The van der Waals surface area contributed by atoms with Crippen LogP contribution < -0.4 is 5.32 Å². The van der Waals surface area contributed by atoms with Gasteiger partial charge in [0.2, 0.25) is 0 Å². The van der Waals surface area contributed by atoms with Crippen molar-refractivity contribution >= 4 is 23.2 Å². The Morgan fingerprint density at radius 2 is 2.11 bits per heavy atom. The summed E-state index contributed by atoms with van der Waals surface area (Å²) in [5.74, 6) is -0.211. The molecule has 3 aromatic heterocycles. The summed E-state index contributed by atoms with van der Waals surface area (Å²) in [7, 11) is 0. The number of amides is 1. The van der Waals surface area contributed by atoms with Crippen LogP contribution in [0.4, 0.5) is 0 Å². The number of fused-ring (bicyclic) bond motifs is 1. The number of hydrogen-bond donors (Lipinski definition) is 1. The summed E-state index contributed by atoms with van der Waals surface area (Å²) in [6.45, 7) is 3.50. The average Bonchev–Trinajstić information content (AvgIpc) is 3.13. The van der Waals surface area contributed by atoms with Crippen LogP contribution in [0.25, 0.3) is 5.65 Å². The number of morpholine rings is 1. The molecular formula is C19H20ClN5O2. The van der Waals surface area contributed by atoms with Crippen LogP contribution in [0.2, 0.25) is 5.02 Å². The van der Waals surface area contributed by atoms with Crippen LogP contribution in [0.1, 0.15) is 22.1 Å². The monoisotopic (exact) mass is 385 g/mol. The lowest BCUT2D eigenvalue weighted by molar-refractivity contribution is 0.0161. The second-order valence-electron chi connectivity index (χ2n) is 6.40. The number of imidazole rings is 1. The van der Waals surface area contributed by atoms with Gasteiger partial charge < -0.3 is 14.5 Å². The fourth-order valence-electron chi connectivity index (χ4n) is 3.27. The fourth-order valence-corrected chi connectivity index (χ4v) is 3.44. The molecule has 1 aliphatic rings. The molecule has 4 rings (SSSR count). The van der Waals surface area contributed by atoms with Gasteiger partial charge in [-0.1, -0.05) is 17.7 Å². The Labute approximate surface area is 161 Å². The molecule has 1 fully saturated rings. The van der Waals surface area contributed by atoms with Crippen LogP contribution in [-0.2, 0) is 4.74 Å². The predicted molar refractivity (Wildman–Crippen MR) is 102 cm³/mol. The van der Waals surface area contributed by atoms with Crippen molar-refractivity contribution in [2.75, 3.05) is 32.8 Å². The van der Waals surface area contributed by atoms with Crippen molar-refractivity contribution in [2.45, 2.75) is 6.04 Å². The molecule has 27 heavy (non-hydrogen) atoms. The molecule has 1 unspecified atom stereocenters. The number of nitrogens with one attached hydrogen (secondary N) is 1. The molecule has 8 heteroatoms. The summed E-state index contributed by atoms with van der Waals surface area (Å²) in [5, 5.41) is 3.61. The van der Waals surface area contributed by atoms with Crippen molar-refractivity contribution < 1.29 is 9.53 Å². The van der Waals surface area contributed by atoms with Gasteiger partial charge in [0.1, 0.15) is 11.3 Å². The van der Waals surface area contributed by atoms with Crippen LogP contribution in [0.15, 0.2) is 49.1 Å². The second-order valence-corrected chi connectivity index (χ2v) is 6.84. The van der Waals surface area contributed by atoms with Gasteiger partial charge in [-0.05, 0) is 23.8 Å². The van der Waals surface area contributed by atoms with E-state index in [1.807, 2.05) is 18.3 Å². The molecule has 1 aliphatic heterocycles. The van der Waals surface area contributed by atoms with E-state index < -0.39 is 0 Å². The topological polar surface area (TPSA) is 71.8 Å². The third-order valence-electron chi connectivity index (χ3n) is 4.66. The Bertz CT molecular complexity index is 924. The molecule has 7 nitrogen and oxygen atoms in total. The number of carbonyl (C=O) groups is 1. The molecular weight excluding hydrogens is 366 g/mol. The van der Waals surface area contributed by atoms with Crippen LogP contribution >= 0.6 is 11.6 Å². The highest BCUT2D eigenvalue weighted by atomic mass is 35.5. The SMILES string of the molecule is O=C(NCC(c1cccnc1)N1CCOCC1)c1cn2cc(Cl)ccc2n1. The number of nitrogens with zero attached hydrogens (tertiary/aromatic N) is 4. The number of pyridine rings is 2. The largest absolute Gasteiger partial charge is 0.379 e. The van der Waals surface area contributed by atoms with Gasteiger partial charge in [-0.3, -0.25) is 14.7 Å². The third-order valence-corrected chi connectivity index (χ3v) is 4.88. The van der Waals surface area contributed by atoms with Crippen molar-refractivity contribution in [1.82, 2.24) is 24.6 Å². The molecule has 0 radical (unpaired) electrons. The Kier molecular flexibility index (Phi) is 5.33. The number of carbonyl (C=O) groups excluding carboxylic acids is 1. The van der Waals surface area contributed by atoms with Gasteiger partial charge >= 0.3 is 0 Å². The zero-order valence-electron chi connectivity index (χ0n) is 14.7. The minimum absolute atomic E-state index is 0.0398. The van der Waals surface area contributed by atoms with Crippen molar-refractivity contribution in [3.63, 3.8) is 0 Å². The molecule has 3 aromatic rings. The predicted octanol–water partition coefficient (Wildman–Crippen LogP) is 2.19. The van der Waals surface area contributed by atoms with Crippen LogP contribution in [0, 0.1) is 0 Å². The van der Waals surface area contributed by atoms with Crippen molar-refractivity contribution in [1.29, 1.82) is 0 Å². The first kappa shape index (κ1) is 17.9. The third kappa shape index (κ3) is 4.10. The molecule has 0 aromatic carbocycles. The molecule has 0 bridgehead atoms. The Morgan fingerprint density at radius 3 is 2.89 bits per heavy atom. The van der Waals surface area contributed by atoms with Gasteiger partial charge in [0, 0.05) is 44.4 Å². The minimum Gasteiger partial charge on any atom is -0.379 e. The number of rotatable bonds is 5. The molecule has 0 spiro atoms. The lowest BCUT2D eigenvalue weighted by Gasteiger charge is -2.34. The summed E-state index contributed by atoms with van der Waals surface area (Å²) in [6.07, 6.45) is 7.01. The molecule has 140 valence electrons. The van der Waals surface area contributed by atoms with Crippen LogP contribution in [0.5, 0.6) is 0 Å². The Balaban J connectivity index is 1.49. The Morgan fingerprint density at radius 1 is 1.26 bits per heavy atom. The zero-order chi connectivity index (χ0) is 18.6. The highest BCUT2D eigenvalue weighted by Crippen LogP contribution is 2.20. The first-order valence-electron chi connectivity index (χ1n) is 8.85. The molecule has 0 aliphatic carbocycles. The van der Waals surface area contributed by atoms with Gasteiger partial charge in [-0.2, -0.15) is 0 Å². The van der Waals surface area contributed by atoms with Gasteiger partial charge in [-0.15, -0.1) is 0 Å². The lowest BCUT2D eigenvalue weighted by Crippen LogP contribution is -2.43. The van der Waals surface area contributed by atoms with E-state index in [9.17, 15) is 4.79 Å². The fraction of sp³-hybridized carbons (Fsp3) is 0.316. The summed E-state index contributed by atoms with van der Waals surface area (Å²) in [6, 6.07) is 7.52. The van der Waals surface area contributed by atoms with Crippen LogP contribution in [0.3, 0.4) is 0 Å². The summed E-state index contributed by atoms with van der Waals surface area (Å²) in [5.41, 5.74) is 2.12. The standard InChI is InChI=1S/C19H20ClN5O2/c20-15-3-4-18-23-16(13-25(18)12-15)19(26)22-11-17(14-2-1-5-21-10-14)24-6-8-27-9-7-24/h1-5,10,12-13,17H,6-9,11H2,(H,22,26). The van der Waals surface area contributed by atoms with Gasteiger partial charge in [-0.25, -0.2) is 4.98 Å². The maximum atomic E-state index is 12.6. The minimum atomic E-state index is -0.211.